The van der Waals surface area contributed by atoms with Crippen LogP contribution in [0.25, 0.3) is 5.57 Å². The van der Waals surface area contributed by atoms with Gasteiger partial charge in [0.2, 0.25) is 0 Å². The molecule has 0 aliphatic carbocycles. The van der Waals surface area contributed by atoms with E-state index in [9.17, 15) is 0 Å². The molecule has 2 rings (SSSR count). The zero-order valence-corrected chi connectivity index (χ0v) is 8.74. The summed E-state index contributed by atoms with van der Waals surface area (Å²) in [5.41, 5.74) is 2.04. The molecule has 0 amide bonds. The first-order chi connectivity index (χ1) is 7.69. The molecule has 1 aliphatic heterocycles. The van der Waals surface area contributed by atoms with Crippen molar-refractivity contribution >= 4 is 5.57 Å². The third kappa shape index (κ3) is 1.27. The zero-order chi connectivity index (χ0) is 11.7. The fraction of sp³-hybridized carbons (Fsp3) is 0.0769. The van der Waals surface area contributed by atoms with Crippen molar-refractivity contribution in [2.45, 2.75) is 6.92 Å². The van der Waals surface area contributed by atoms with Crippen molar-refractivity contribution in [3.8, 4) is 17.9 Å². The third-order valence-corrected chi connectivity index (χ3v) is 2.48. The first-order valence-electron chi connectivity index (χ1n) is 4.70. The lowest BCUT2D eigenvalue weighted by atomic mass is 9.93. The van der Waals surface area contributed by atoms with E-state index < -0.39 is 0 Å². The van der Waals surface area contributed by atoms with E-state index in [1.165, 1.54) is 0 Å². The predicted octanol–water partition coefficient (Wildman–Crippen LogP) is 2.76. The van der Waals surface area contributed by atoms with Gasteiger partial charge in [-0.15, -0.1) is 0 Å². The van der Waals surface area contributed by atoms with Gasteiger partial charge in [0.25, 0.3) is 0 Å². The lowest BCUT2D eigenvalue weighted by Crippen LogP contribution is -2.07. The molecule has 0 saturated carbocycles. The maximum atomic E-state index is 8.99. The van der Waals surface area contributed by atoms with E-state index in [4.69, 9.17) is 15.3 Å². The summed E-state index contributed by atoms with van der Waals surface area (Å²) >= 11 is 0. The summed E-state index contributed by atoms with van der Waals surface area (Å²) in [5.74, 6) is 1.11. The minimum Gasteiger partial charge on any atom is -0.460 e. The van der Waals surface area contributed by atoms with Gasteiger partial charge in [0.05, 0.1) is 17.2 Å². The molecule has 16 heavy (non-hydrogen) atoms. The Bertz CT molecular complexity index is 597. The summed E-state index contributed by atoms with van der Waals surface area (Å²) < 4.78 is 5.49. The first kappa shape index (κ1) is 10.0. The summed E-state index contributed by atoms with van der Waals surface area (Å²) in [5, 5.41) is 18.0. The lowest BCUT2D eigenvalue weighted by molar-refractivity contribution is 0.419. The van der Waals surface area contributed by atoms with Crippen molar-refractivity contribution in [1.82, 2.24) is 0 Å². The number of hydrogen-bond donors (Lipinski definition) is 0. The molecule has 0 radical (unpaired) electrons. The Kier molecular flexibility index (Phi) is 2.23. The van der Waals surface area contributed by atoms with Gasteiger partial charge in [0.1, 0.15) is 17.6 Å². The second-order valence-corrected chi connectivity index (χ2v) is 3.41. The van der Waals surface area contributed by atoms with E-state index in [-0.39, 0.29) is 0 Å². The van der Waals surface area contributed by atoms with Gasteiger partial charge in [-0.05, 0) is 19.1 Å². The normalized spacial score (nSPS) is 13.6. The van der Waals surface area contributed by atoms with Gasteiger partial charge in [-0.3, -0.25) is 0 Å². The number of fused-ring (bicyclic) bond motifs is 1. The molecule has 0 saturated heterocycles. The van der Waals surface area contributed by atoms with Crippen molar-refractivity contribution in [1.29, 1.82) is 10.5 Å². The summed E-state index contributed by atoms with van der Waals surface area (Å²) in [7, 11) is 0. The van der Waals surface area contributed by atoms with Gasteiger partial charge in [-0.2, -0.15) is 10.5 Å². The molecule has 0 unspecified atom stereocenters. The minimum absolute atomic E-state index is 0.398. The lowest BCUT2D eigenvalue weighted by Gasteiger charge is -2.20. The number of rotatable bonds is 0. The average Bonchev–Trinajstić information content (AvgIpc) is 2.28. The third-order valence-electron chi connectivity index (χ3n) is 2.48. The number of benzene rings is 1. The minimum atomic E-state index is 0.398. The number of allylic oxidation sites excluding steroid dienone is 3. The standard InChI is InChI=1S/C13H8N2O/c1-8-11(7-15)9(2)16-12-5-3-4-10(6-14)13(8)12/h3-5H,1H2,2H3. The molecular weight excluding hydrogens is 200 g/mol. The Morgan fingerprint density at radius 1 is 1.25 bits per heavy atom. The maximum absolute atomic E-state index is 8.99. The van der Waals surface area contributed by atoms with E-state index in [1.807, 2.05) is 6.07 Å². The van der Waals surface area contributed by atoms with E-state index in [0.717, 1.165) is 0 Å². The van der Waals surface area contributed by atoms with Crippen LogP contribution in [0.3, 0.4) is 0 Å². The molecule has 0 bridgehead atoms. The molecule has 1 aromatic carbocycles. The first-order valence-corrected chi connectivity index (χ1v) is 4.70. The van der Waals surface area contributed by atoms with Crippen LogP contribution in [0.5, 0.6) is 5.75 Å². The number of hydrogen-bond acceptors (Lipinski definition) is 3. The molecular formula is C13H8N2O. The van der Waals surface area contributed by atoms with Crippen LogP contribution in [0.15, 0.2) is 36.1 Å². The van der Waals surface area contributed by atoms with Crippen LogP contribution in [0.4, 0.5) is 0 Å². The van der Waals surface area contributed by atoms with Crippen LogP contribution in [-0.2, 0) is 0 Å². The maximum Gasteiger partial charge on any atom is 0.136 e. The molecule has 3 heteroatoms. The van der Waals surface area contributed by atoms with Crippen molar-refractivity contribution in [2.24, 2.45) is 0 Å². The smallest absolute Gasteiger partial charge is 0.136 e. The van der Waals surface area contributed by atoms with Gasteiger partial charge < -0.3 is 4.74 Å². The summed E-state index contributed by atoms with van der Waals surface area (Å²) in [6.07, 6.45) is 0. The Morgan fingerprint density at radius 2 is 2.00 bits per heavy atom. The van der Waals surface area contributed by atoms with Gasteiger partial charge in [0.15, 0.2) is 0 Å². The van der Waals surface area contributed by atoms with Gasteiger partial charge in [-0.25, -0.2) is 0 Å². The second kappa shape index (κ2) is 3.56. The Labute approximate surface area is 93.5 Å². The van der Waals surface area contributed by atoms with E-state index in [1.54, 1.807) is 25.1 Å². The summed E-state index contributed by atoms with van der Waals surface area (Å²) in [6.45, 7) is 5.57. The SMILES string of the molecule is C=C1C(C#N)=C(C)Oc2cccc(C#N)c21. The second-order valence-electron chi connectivity index (χ2n) is 3.41. The van der Waals surface area contributed by atoms with Crippen molar-refractivity contribution in [3.63, 3.8) is 0 Å². The summed E-state index contributed by atoms with van der Waals surface area (Å²) in [4.78, 5) is 0. The highest BCUT2D eigenvalue weighted by Gasteiger charge is 2.23. The van der Waals surface area contributed by atoms with Crippen LogP contribution < -0.4 is 4.74 Å². The van der Waals surface area contributed by atoms with Crippen LogP contribution in [-0.4, -0.2) is 0 Å². The quantitative estimate of drug-likeness (QED) is 0.658. The van der Waals surface area contributed by atoms with Gasteiger partial charge in [-0.1, -0.05) is 12.6 Å². The number of nitriles is 2. The van der Waals surface area contributed by atoms with E-state index in [0.29, 0.717) is 33.8 Å². The molecule has 76 valence electrons. The fourth-order valence-corrected chi connectivity index (χ4v) is 1.72. The van der Waals surface area contributed by atoms with Crippen molar-refractivity contribution in [2.75, 3.05) is 0 Å². The van der Waals surface area contributed by atoms with Crippen molar-refractivity contribution < 1.29 is 4.74 Å². The van der Waals surface area contributed by atoms with Crippen LogP contribution in [0.1, 0.15) is 18.1 Å². The Balaban J connectivity index is 2.71. The fourth-order valence-electron chi connectivity index (χ4n) is 1.72. The molecule has 1 aromatic rings. The molecule has 0 atom stereocenters. The molecule has 1 aliphatic rings. The highest BCUT2D eigenvalue weighted by Crippen LogP contribution is 2.38. The highest BCUT2D eigenvalue weighted by molar-refractivity contribution is 5.88. The highest BCUT2D eigenvalue weighted by atomic mass is 16.5. The summed E-state index contributed by atoms with van der Waals surface area (Å²) in [6, 6.07) is 9.31. The van der Waals surface area contributed by atoms with Crippen LogP contribution in [0.2, 0.25) is 0 Å². The van der Waals surface area contributed by atoms with E-state index in [2.05, 4.69) is 12.6 Å². The molecule has 0 N–H and O–H groups in total. The van der Waals surface area contributed by atoms with Crippen LogP contribution in [0, 0.1) is 22.7 Å². The van der Waals surface area contributed by atoms with Crippen LogP contribution >= 0.6 is 0 Å². The molecule has 0 fully saturated rings. The van der Waals surface area contributed by atoms with Crippen molar-refractivity contribution in [3.05, 3.63) is 47.2 Å². The van der Waals surface area contributed by atoms with E-state index >= 15 is 0 Å². The molecule has 0 spiro atoms. The zero-order valence-electron chi connectivity index (χ0n) is 8.74. The Morgan fingerprint density at radius 3 is 2.62 bits per heavy atom. The number of nitrogens with zero attached hydrogens (tertiary/aromatic N) is 2. The van der Waals surface area contributed by atoms with Gasteiger partial charge >= 0.3 is 0 Å². The largest absolute Gasteiger partial charge is 0.460 e. The molecule has 3 nitrogen and oxygen atoms in total. The molecule has 1 heterocycles. The predicted molar refractivity (Wildman–Crippen MR) is 59.1 cm³/mol. The monoisotopic (exact) mass is 208 g/mol. The topological polar surface area (TPSA) is 56.8 Å². The average molecular weight is 208 g/mol. The Hall–Kier alpha value is -2.52. The number of ether oxygens (including phenoxy) is 1. The molecule has 0 aromatic heterocycles. The van der Waals surface area contributed by atoms with Gasteiger partial charge in [0, 0.05) is 11.1 Å².